The minimum absolute atomic E-state index is 0.207. The monoisotopic (exact) mass is 486 g/mol. The standard InChI is InChI=1S/C26H23ClN6O2/c1-26(2,3)22-14-23(32-35-22)31-25(34)30-20-5-4-18(12-19(20)27)21-15-29-24-13-17(8-11-33(21)24)16-6-9-28-10-7-16/h4-15H,1-3H3,(H2,30,31,32,34). The van der Waals surface area contributed by atoms with Crippen LogP contribution < -0.4 is 10.6 Å². The van der Waals surface area contributed by atoms with Gasteiger partial charge in [-0.3, -0.25) is 14.7 Å². The maximum absolute atomic E-state index is 12.4. The van der Waals surface area contributed by atoms with Crippen molar-refractivity contribution in [3.8, 4) is 22.4 Å². The number of carbonyl (C=O) groups is 1. The van der Waals surface area contributed by atoms with Crippen LogP contribution in [0.15, 0.2) is 77.8 Å². The molecule has 4 heterocycles. The van der Waals surface area contributed by atoms with Crippen LogP contribution in [-0.4, -0.2) is 25.6 Å². The van der Waals surface area contributed by atoms with E-state index in [0.717, 1.165) is 28.0 Å². The first-order chi connectivity index (χ1) is 16.8. The summed E-state index contributed by atoms with van der Waals surface area (Å²) in [5, 5.41) is 9.71. The zero-order chi connectivity index (χ0) is 24.6. The van der Waals surface area contributed by atoms with Gasteiger partial charge in [-0.15, -0.1) is 0 Å². The number of imidazole rings is 1. The number of fused-ring (bicyclic) bond motifs is 1. The zero-order valence-corrected chi connectivity index (χ0v) is 20.2. The van der Waals surface area contributed by atoms with E-state index in [4.69, 9.17) is 16.1 Å². The van der Waals surface area contributed by atoms with Gasteiger partial charge in [0.1, 0.15) is 11.4 Å². The Morgan fingerprint density at radius 3 is 2.49 bits per heavy atom. The molecule has 0 saturated carbocycles. The highest BCUT2D eigenvalue weighted by molar-refractivity contribution is 6.34. The molecule has 35 heavy (non-hydrogen) atoms. The fourth-order valence-corrected chi connectivity index (χ4v) is 3.88. The molecule has 0 radical (unpaired) electrons. The predicted octanol–water partition coefficient (Wildman–Crippen LogP) is 6.65. The van der Waals surface area contributed by atoms with Gasteiger partial charge in [0, 0.05) is 35.6 Å². The average molecular weight is 487 g/mol. The Hall–Kier alpha value is -4.17. The molecule has 9 heteroatoms. The molecule has 1 aromatic carbocycles. The largest absolute Gasteiger partial charge is 0.359 e. The van der Waals surface area contributed by atoms with Crippen molar-refractivity contribution in [2.24, 2.45) is 0 Å². The third-order valence-electron chi connectivity index (χ3n) is 5.53. The van der Waals surface area contributed by atoms with E-state index in [0.29, 0.717) is 22.3 Å². The number of halogens is 1. The van der Waals surface area contributed by atoms with Crippen molar-refractivity contribution in [3.05, 3.63) is 84.1 Å². The van der Waals surface area contributed by atoms with Gasteiger partial charge in [-0.25, -0.2) is 9.78 Å². The summed E-state index contributed by atoms with van der Waals surface area (Å²) in [6.07, 6.45) is 7.31. The number of pyridine rings is 2. The number of aromatic nitrogens is 4. The van der Waals surface area contributed by atoms with Crippen LogP contribution in [0.5, 0.6) is 0 Å². The number of amides is 2. The second-order valence-electron chi connectivity index (χ2n) is 9.12. The molecule has 176 valence electrons. The molecule has 4 aromatic heterocycles. The molecule has 5 rings (SSSR count). The van der Waals surface area contributed by atoms with Gasteiger partial charge < -0.3 is 9.84 Å². The van der Waals surface area contributed by atoms with Crippen molar-refractivity contribution in [3.63, 3.8) is 0 Å². The highest BCUT2D eigenvalue weighted by atomic mass is 35.5. The molecule has 2 N–H and O–H groups in total. The number of hydrogen-bond donors (Lipinski definition) is 2. The van der Waals surface area contributed by atoms with Gasteiger partial charge in [0.2, 0.25) is 0 Å². The van der Waals surface area contributed by atoms with E-state index >= 15 is 0 Å². The number of benzene rings is 1. The lowest BCUT2D eigenvalue weighted by molar-refractivity contribution is 0.262. The summed E-state index contributed by atoms with van der Waals surface area (Å²) in [5.41, 5.74) is 4.97. The van der Waals surface area contributed by atoms with E-state index < -0.39 is 6.03 Å². The van der Waals surface area contributed by atoms with Crippen molar-refractivity contribution < 1.29 is 9.32 Å². The zero-order valence-electron chi connectivity index (χ0n) is 19.4. The maximum Gasteiger partial charge on any atom is 0.324 e. The van der Waals surface area contributed by atoms with Gasteiger partial charge in [0.05, 0.1) is 22.6 Å². The van der Waals surface area contributed by atoms with Gasteiger partial charge in [0.25, 0.3) is 0 Å². The smallest absolute Gasteiger partial charge is 0.324 e. The summed E-state index contributed by atoms with van der Waals surface area (Å²) in [4.78, 5) is 21.1. The van der Waals surface area contributed by atoms with Gasteiger partial charge in [0.15, 0.2) is 5.82 Å². The van der Waals surface area contributed by atoms with Crippen molar-refractivity contribution in [2.45, 2.75) is 26.2 Å². The van der Waals surface area contributed by atoms with E-state index in [9.17, 15) is 4.79 Å². The Balaban J connectivity index is 1.33. The van der Waals surface area contributed by atoms with Gasteiger partial charge in [-0.2, -0.15) is 0 Å². The van der Waals surface area contributed by atoms with E-state index in [1.807, 2.05) is 61.7 Å². The summed E-state index contributed by atoms with van der Waals surface area (Å²) in [6.45, 7) is 6.01. The van der Waals surface area contributed by atoms with Crippen LogP contribution in [0, 0.1) is 0 Å². The fourth-order valence-electron chi connectivity index (χ4n) is 3.65. The topological polar surface area (TPSA) is 97.3 Å². The molecule has 0 spiro atoms. The number of rotatable bonds is 4. The fraction of sp³-hybridized carbons (Fsp3) is 0.154. The van der Waals surface area contributed by atoms with Crippen LogP contribution in [0.3, 0.4) is 0 Å². The highest BCUT2D eigenvalue weighted by Crippen LogP contribution is 2.31. The van der Waals surface area contributed by atoms with Crippen molar-refractivity contribution >= 4 is 34.8 Å². The number of anilines is 2. The van der Waals surface area contributed by atoms with E-state index in [1.54, 1.807) is 36.8 Å². The first-order valence-electron chi connectivity index (χ1n) is 11.0. The number of urea groups is 1. The lowest BCUT2D eigenvalue weighted by Crippen LogP contribution is -2.19. The molecule has 2 amide bonds. The molecule has 0 unspecified atom stereocenters. The summed E-state index contributed by atoms with van der Waals surface area (Å²) in [6, 6.07) is 14.7. The number of nitrogens with zero attached hydrogens (tertiary/aromatic N) is 4. The third kappa shape index (κ3) is 4.74. The van der Waals surface area contributed by atoms with Crippen LogP contribution >= 0.6 is 11.6 Å². The van der Waals surface area contributed by atoms with E-state index in [2.05, 4.69) is 25.8 Å². The van der Waals surface area contributed by atoms with E-state index in [-0.39, 0.29) is 5.41 Å². The van der Waals surface area contributed by atoms with Crippen LogP contribution in [0.1, 0.15) is 26.5 Å². The average Bonchev–Trinajstić information content (AvgIpc) is 3.48. The Labute approximate surface area is 207 Å². The number of nitrogens with one attached hydrogen (secondary N) is 2. The Morgan fingerprint density at radius 1 is 0.971 bits per heavy atom. The van der Waals surface area contributed by atoms with Crippen LogP contribution in [0.25, 0.3) is 28.0 Å². The van der Waals surface area contributed by atoms with E-state index in [1.165, 1.54) is 0 Å². The number of carbonyl (C=O) groups excluding carboxylic acids is 1. The Kier molecular flexibility index (Phi) is 5.74. The predicted molar refractivity (Wildman–Crippen MR) is 137 cm³/mol. The quantitative estimate of drug-likeness (QED) is 0.296. The van der Waals surface area contributed by atoms with Crippen LogP contribution in [0.4, 0.5) is 16.3 Å². The molecular weight excluding hydrogens is 464 g/mol. The van der Waals surface area contributed by atoms with Crippen molar-refractivity contribution in [2.75, 3.05) is 10.6 Å². The highest BCUT2D eigenvalue weighted by Gasteiger charge is 2.20. The molecular formula is C26H23ClN6O2. The third-order valence-corrected chi connectivity index (χ3v) is 5.84. The lowest BCUT2D eigenvalue weighted by atomic mass is 9.93. The Bertz CT molecular complexity index is 1520. The summed E-state index contributed by atoms with van der Waals surface area (Å²) in [7, 11) is 0. The maximum atomic E-state index is 12.4. The van der Waals surface area contributed by atoms with Crippen molar-refractivity contribution in [1.29, 1.82) is 0 Å². The van der Waals surface area contributed by atoms with Crippen LogP contribution in [-0.2, 0) is 5.41 Å². The van der Waals surface area contributed by atoms with Gasteiger partial charge in [-0.05, 0) is 47.5 Å². The SMILES string of the molecule is CC(C)(C)c1cc(NC(=O)Nc2ccc(-c3cnc4cc(-c5ccncc5)ccn34)cc2Cl)no1. The first kappa shape index (κ1) is 22.6. The molecule has 8 nitrogen and oxygen atoms in total. The molecule has 0 fully saturated rings. The summed E-state index contributed by atoms with van der Waals surface area (Å²) >= 11 is 6.50. The minimum atomic E-state index is -0.466. The normalized spacial score (nSPS) is 11.5. The molecule has 0 aliphatic carbocycles. The molecule has 0 bridgehead atoms. The van der Waals surface area contributed by atoms with Gasteiger partial charge in [-0.1, -0.05) is 43.6 Å². The second-order valence-corrected chi connectivity index (χ2v) is 9.53. The Morgan fingerprint density at radius 2 is 1.77 bits per heavy atom. The molecule has 0 saturated heterocycles. The lowest BCUT2D eigenvalue weighted by Gasteiger charge is -2.12. The second kappa shape index (κ2) is 8.88. The minimum Gasteiger partial charge on any atom is -0.359 e. The van der Waals surface area contributed by atoms with Crippen molar-refractivity contribution in [1.82, 2.24) is 19.5 Å². The van der Waals surface area contributed by atoms with Crippen LogP contribution in [0.2, 0.25) is 5.02 Å². The molecule has 5 aromatic rings. The molecule has 0 atom stereocenters. The summed E-state index contributed by atoms with van der Waals surface area (Å²) < 4.78 is 7.29. The van der Waals surface area contributed by atoms with Gasteiger partial charge >= 0.3 is 6.03 Å². The first-order valence-corrected chi connectivity index (χ1v) is 11.4. The molecule has 0 aliphatic heterocycles. The number of hydrogen-bond acceptors (Lipinski definition) is 5. The molecule has 0 aliphatic rings. The summed E-state index contributed by atoms with van der Waals surface area (Å²) in [5.74, 6) is 1.01.